The van der Waals surface area contributed by atoms with Gasteiger partial charge in [-0.25, -0.2) is 0 Å². The molecule has 1 aromatic carbocycles. The smallest absolute Gasteiger partial charge is 0.261 e. The number of ether oxygens (including phenoxy) is 2. The molecule has 7 heteroatoms. The van der Waals surface area contributed by atoms with Crippen molar-refractivity contribution < 1.29 is 27.6 Å². The zero-order valence-corrected chi connectivity index (χ0v) is 10.1. The molecule has 17 heavy (non-hydrogen) atoms. The van der Waals surface area contributed by atoms with E-state index in [1.165, 1.54) is 0 Å². The number of benzene rings is 1. The van der Waals surface area contributed by atoms with E-state index in [4.69, 9.17) is 19.1 Å². The van der Waals surface area contributed by atoms with Crippen molar-refractivity contribution in [3.05, 3.63) is 24.3 Å². The molecule has 0 radical (unpaired) electrons. The fourth-order valence-corrected chi connectivity index (χ4v) is 1.15. The normalized spacial score (nSPS) is 17.9. The molecule has 0 saturated carbocycles. The number of aliphatic hydroxyl groups is 1. The van der Waals surface area contributed by atoms with Gasteiger partial charge in [0.2, 0.25) is 0 Å². The third-order valence-electron chi connectivity index (χ3n) is 1.77. The summed E-state index contributed by atoms with van der Waals surface area (Å²) < 4.78 is 36.6. The zero-order chi connectivity index (χ0) is 12.9. The van der Waals surface area contributed by atoms with E-state index in [1.807, 2.05) is 24.3 Å². The van der Waals surface area contributed by atoms with E-state index < -0.39 is 10.1 Å². The fraction of sp³-hybridized carbons (Fsp3) is 0.400. The molecular formula is C10H14O6S. The molecule has 2 rings (SSSR count). The molecular weight excluding hydrogens is 248 g/mol. The number of hydrogen-bond acceptors (Lipinski definition) is 5. The molecule has 2 N–H and O–H groups in total. The van der Waals surface area contributed by atoms with Crippen molar-refractivity contribution >= 4 is 10.1 Å². The van der Waals surface area contributed by atoms with E-state index in [0.29, 0.717) is 18.6 Å². The Bertz CT molecular complexity index is 448. The molecule has 0 bridgehead atoms. The van der Waals surface area contributed by atoms with Crippen LogP contribution in [0.25, 0.3) is 0 Å². The maximum absolute atomic E-state index is 9.19. The number of aliphatic hydroxyl groups excluding tert-OH is 1. The van der Waals surface area contributed by atoms with Crippen molar-refractivity contribution in [2.24, 2.45) is 0 Å². The van der Waals surface area contributed by atoms with Gasteiger partial charge in [0.05, 0.1) is 12.9 Å². The Morgan fingerprint density at radius 3 is 2.41 bits per heavy atom. The molecule has 0 aromatic heterocycles. The SMILES string of the molecule is CS(=O)(=O)O.OC[C@H]1COc2ccccc2O1. The average molecular weight is 262 g/mol. The third kappa shape index (κ3) is 5.53. The van der Waals surface area contributed by atoms with Crippen LogP contribution in [0.2, 0.25) is 0 Å². The van der Waals surface area contributed by atoms with Gasteiger partial charge in [-0.2, -0.15) is 8.42 Å². The molecule has 0 unspecified atom stereocenters. The second kappa shape index (κ2) is 5.85. The van der Waals surface area contributed by atoms with Gasteiger partial charge in [0.1, 0.15) is 6.61 Å². The van der Waals surface area contributed by atoms with Crippen LogP contribution >= 0.6 is 0 Å². The zero-order valence-electron chi connectivity index (χ0n) is 9.24. The molecule has 1 aliphatic rings. The molecule has 6 nitrogen and oxygen atoms in total. The highest BCUT2D eigenvalue weighted by Crippen LogP contribution is 2.30. The van der Waals surface area contributed by atoms with Crippen molar-refractivity contribution in [3.8, 4) is 11.5 Å². The second-order valence-corrected chi connectivity index (χ2v) is 4.88. The molecule has 1 heterocycles. The molecule has 1 aliphatic heterocycles. The molecule has 0 spiro atoms. The minimum Gasteiger partial charge on any atom is -0.486 e. The quantitative estimate of drug-likeness (QED) is 0.708. The first-order valence-electron chi connectivity index (χ1n) is 4.82. The monoisotopic (exact) mass is 262 g/mol. The number of para-hydroxylation sites is 2. The van der Waals surface area contributed by atoms with E-state index >= 15 is 0 Å². The highest BCUT2D eigenvalue weighted by atomic mass is 32.2. The molecule has 0 aliphatic carbocycles. The van der Waals surface area contributed by atoms with Gasteiger partial charge in [-0.1, -0.05) is 12.1 Å². The van der Waals surface area contributed by atoms with Crippen molar-refractivity contribution in [2.45, 2.75) is 6.10 Å². The average Bonchev–Trinajstić information content (AvgIpc) is 2.26. The van der Waals surface area contributed by atoms with Gasteiger partial charge in [-0.3, -0.25) is 4.55 Å². The lowest BCUT2D eigenvalue weighted by molar-refractivity contribution is 0.0456. The maximum Gasteiger partial charge on any atom is 0.261 e. The van der Waals surface area contributed by atoms with Crippen molar-refractivity contribution in [3.63, 3.8) is 0 Å². The van der Waals surface area contributed by atoms with Gasteiger partial charge in [-0.05, 0) is 12.1 Å². The lowest BCUT2D eigenvalue weighted by Crippen LogP contribution is -2.32. The van der Waals surface area contributed by atoms with Crippen LogP contribution in [0.4, 0.5) is 0 Å². The van der Waals surface area contributed by atoms with E-state index in [2.05, 4.69) is 0 Å². The Kier molecular flexibility index (Phi) is 4.73. The van der Waals surface area contributed by atoms with Crippen LogP contribution in [0.15, 0.2) is 24.3 Å². The van der Waals surface area contributed by atoms with E-state index in [1.54, 1.807) is 0 Å². The maximum atomic E-state index is 9.19. The topological polar surface area (TPSA) is 93.1 Å². The Labute approximate surface area is 99.5 Å². The van der Waals surface area contributed by atoms with E-state index in [0.717, 1.165) is 5.75 Å². The van der Waals surface area contributed by atoms with E-state index in [-0.39, 0.29) is 12.7 Å². The predicted octanol–water partition coefficient (Wildman–Crippen LogP) is 0.323. The Morgan fingerprint density at radius 1 is 1.35 bits per heavy atom. The molecule has 1 aromatic rings. The Morgan fingerprint density at radius 2 is 1.88 bits per heavy atom. The highest BCUT2D eigenvalue weighted by molar-refractivity contribution is 7.85. The first kappa shape index (κ1) is 13.8. The highest BCUT2D eigenvalue weighted by Gasteiger charge is 2.18. The summed E-state index contributed by atoms with van der Waals surface area (Å²) in [6.45, 7) is 0.418. The Balaban J connectivity index is 0.000000249. The number of fused-ring (bicyclic) bond motifs is 1. The van der Waals surface area contributed by atoms with Crippen molar-refractivity contribution in [1.82, 2.24) is 0 Å². The summed E-state index contributed by atoms with van der Waals surface area (Å²) in [5, 5.41) is 8.81. The summed E-state index contributed by atoms with van der Waals surface area (Å²) in [5.74, 6) is 1.46. The van der Waals surface area contributed by atoms with Gasteiger partial charge in [0, 0.05) is 0 Å². The van der Waals surface area contributed by atoms with Crippen LogP contribution in [0.5, 0.6) is 11.5 Å². The summed E-state index contributed by atoms with van der Waals surface area (Å²) in [5.41, 5.74) is 0. The molecule has 96 valence electrons. The summed E-state index contributed by atoms with van der Waals surface area (Å²) >= 11 is 0. The molecule has 1 atom stereocenters. The van der Waals surface area contributed by atoms with Crippen LogP contribution in [0.3, 0.4) is 0 Å². The summed E-state index contributed by atoms with van der Waals surface area (Å²) in [6, 6.07) is 7.45. The molecule has 0 saturated heterocycles. The van der Waals surface area contributed by atoms with Crippen molar-refractivity contribution in [2.75, 3.05) is 19.5 Å². The largest absolute Gasteiger partial charge is 0.486 e. The predicted molar refractivity (Wildman–Crippen MR) is 60.9 cm³/mol. The second-order valence-electron chi connectivity index (χ2n) is 3.41. The van der Waals surface area contributed by atoms with Crippen LogP contribution < -0.4 is 9.47 Å². The lowest BCUT2D eigenvalue weighted by Gasteiger charge is -2.24. The summed E-state index contributed by atoms with van der Waals surface area (Å²) in [6.07, 6.45) is 0.493. The standard InChI is InChI=1S/C9H10O3.CH4O3S/c10-5-7-6-11-8-3-1-2-4-9(8)12-7;1-5(2,3)4/h1-4,7,10H,5-6H2;1H3,(H,2,3,4)/t7-;/m0./s1. The van der Waals surface area contributed by atoms with Gasteiger partial charge in [-0.15, -0.1) is 0 Å². The first-order valence-corrected chi connectivity index (χ1v) is 6.67. The van der Waals surface area contributed by atoms with Crippen LogP contribution in [0.1, 0.15) is 0 Å². The van der Waals surface area contributed by atoms with Crippen molar-refractivity contribution in [1.29, 1.82) is 0 Å². The summed E-state index contributed by atoms with van der Waals surface area (Å²) in [4.78, 5) is 0. The molecule has 0 amide bonds. The Hall–Kier alpha value is -1.31. The van der Waals surface area contributed by atoms with Crippen LogP contribution in [-0.2, 0) is 10.1 Å². The minimum atomic E-state index is -3.67. The fourth-order valence-electron chi connectivity index (χ4n) is 1.15. The van der Waals surface area contributed by atoms with Gasteiger partial charge in [0.25, 0.3) is 10.1 Å². The van der Waals surface area contributed by atoms with Gasteiger partial charge in [0.15, 0.2) is 17.6 Å². The number of rotatable bonds is 1. The lowest BCUT2D eigenvalue weighted by atomic mass is 10.3. The van der Waals surface area contributed by atoms with Gasteiger partial charge < -0.3 is 14.6 Å². The first-order chi connectivity index (χ1) is 7.90. The van der Waals surface area contributed by atoms with Crippen LogP contribution in [-0.4, -0.2) is 43.7 Å². The molecule has 0 fully saturated rings. The third-order valence-corrected chi connectivity index (χ3v) is 1.77. The van der Waals surface area contributed by atoms with E-state index in [9.17, 15) is 8.42 Å². The minimum absolute atomic E-state index is 0.00562. The van der Waals surface area contributed by atoms with Gasteiger partial charge >= 0.3 is 0 Å². The summed E-state index contributed by atoms with van der Waals surface area (Å²) in [7, 11) is -3.67. The number of hydrogen-bond donors (Lipinski definition) is 2. The van der Waals surface area contributed by atoms with Crippen LogP contribution in [0, 0.1) is 0 Å².